The quantitative estimate of drug-likeness (QED) is 0.241. The van der Waals surface area contributed by atoms with Gasteiger partial charge in [0.15, 0.2) is 5.69 Å². The van der Waals surface area contributed by atoms with Crippen LogP contribution < -0.4 is 5.32 Å². The molecule has 6 heteroatoms. The first kappa shape index (κ1) is 22.5. The second-order valence-electron chi connectivity index (χ2n) is 8.89. The Morgan fingerprint density at radius 2 is 1.35 bits per heavy atom. The van der Waals surface area contributed by atoms with Crippen LogP contribution in [0.25, 0.3) is 32.4 Å². The number of carbonyl (C=O) groups excluding carboxylic acids is 1. The minimum absolute atomic E-state index is 0.00703. The summed E-state index contributed by atoms with van der Waals surface area (Å²) in [5.41, 5.74) is 3.04. The maximum Gasteiger partial charge on any atom is 0.283 e. The maximum atomic E-state index is 12.6. The maximum absolute atomic E-state index is 12.6. The second-order valence-corrected chi connectivity index (χ2v) is 8.89. The van der Waals surface area contributed by atoms with Crippen LogP contribution in [-0.4, -0.2) is 22.1 Å². The molecule has 180 valence electrons. The fraction of sp³-hybridized carbons (Fsp3) is 0.0645. The summed E-state index contributed by atoms with van der Waals surface area (Å²) < 4.78 is 1.81. The Bertz CT molecular complexity index is 1790. The molecule has 0 radical (unpaired) electrons. The molecule has 1 heterocycles. The molecule has 1 aromatic heterocycles. The number of nitrogens with zero attached hydrogens (tertiary/aromatic N) is 3. The molecule has 0 atom stereocenters. The summed E-state index contributed by atoms with van der Waals surface area (Å²) in [5, 5.41) is 27.6. The minimum Gasteiger partial charge on any atom is -0.493 e. The highest BCUT2D eigenvalue weighted by molar-refractivity contribution is 5.97. The van der Waals surface area contributed by atoms with E-state index in [1.807, 2.05) is 89.5 Å². The lowest BCUT2D eigenvalue weighted by Crippen LogP contribution is -2.11. The van der Waals surface area contributed by atoms with Crippen molar-refractivity contribution in [2.75, 3.05) is 11.9 Å². The topological polar surface area (TPSA) is 79.0 Å². The molecule has 5 aromatic carbocycles. The summed E-state index contributed by atoms with van der Waals surface area (Å²) in [6.45, 7) is 0.451. The first-order valence-corrected chi connectivity index (χ1v) is 12.1. The highest BCUT2D eigenvalue weighted by Gasteiger charge is 2.17. The number of para-hydroxylation sites is 1. The van der Waals surface area contributed by atoms with E-state index >= 15 is 0 Å². The normalized spacial score (nSPS) is 11.6. The number of azo groups is 1. The molecule has 6 aromatic rings. The molecular formula is C31H24N4O2. The van der Waals surface area contributed by atoms with Crippen molar-refractivity contribution >= 4 is 49.7 Å². The van der Waals surface area contributed by atoms with Crippen LogP contribution in [0.15, 0.2) is 119 Å². The average Bonchev–Trinajstić information content (AvgIpc) is 3.21. The molecule has 37 heavy (non-hydrogen) atoms. The number of hydrogen-bond acceptors (Lipinski definition) is 4. The predicted molar refractivity (Wildman–Crippen MR) is 149 cm³/mol. The van der Waals surface area contributed by atoms with Crippen molar-refractivity contribution in [2.24, 2.45) is 10.2 Å². The lowest BCUT2D eigenvalue weighted by atomic mass is 10.0. The third-order valence-electron chi connectivity index (χ3n) is 6.61. The molecule has 0 aliphatic heterocycles. The molecule has 0 saturated carbocycles. The zero-order chi connectivity index (χ0) is 25.2. The summed E-state index contributed by atoms with van der Waals surface area (Å²) >= 11 is 0. The van der Waals surface area contributed by atoms with E-state index in [2.05, 4.69) is 39.8 Å². The standard InChI is InChI=1S/C31H24N4O2/c36-29(19-32-27-17-8-12-22-10-2-4-15-25(22)27)33-34-30-26-16-5-6-18-28(26)35(31(30)37)20-23-13-7-11-21-9-1-3-14-24(21)23/h1-18,32,37H,19-20H2. The number of anilines is 1. The van der Waals surface area contributed by atoms with Crippen LogP contribution in [0.1, 0.15) is 5.56 Å². The second kappa shape index (κ2) is 9.59. The van der Waals surface area contributed by atoms with Gasteiger partial charge >= 0.3 is 0 Å². The molecule has 0 aliphatic rings. The zero-order valence-electron chi connectivity index (χ0n) is 20.0. The van der Waals surface area contributed by atoms with Gasteiger partial charge in [-0.3, -0.25) is 4.79 Å². The van der Waals surface area contributed by atoms with Crippen LogP contribution in [0, 0.1) is 0 Å². The lowest BCUT2D eigenvalue weighted by molar-refractivity contribution is -0.116. The number of amides is 1. The fourth-order valence-corrected chi connectivity index (χ4v) is 4.82. The van der Waals surface area contributed by atoms with E-state index in [1.165, 1.54) is 0 Å². The number of benzene rings is 5. The van der Waals surface area contributed by atoms with Crippen LogP contribution in [0.3, 0.4) is 0 Å². The number of aromatic hydroxyl groups is 1. The smallest absolute Gasteiger partial charge is 0.283 e. The van der Waals surface area contributed by atoms with E-state index < -0.39 is 5.91 Å². The summed E-state index contributed by atoms with van der Waals surface area (Å²) in [6, 6.07) is 35.8. The van der Waals surface area contributed by atoms with Gasteiger partial charge in [0.25, 0.3) is 5.91 Å². The van der Waals surface area contributed by atoms with Crippen LogP contribution in [0.4, 0.5) is 11.4 Å². The van der Waals surface area contributed by atoms with Gasteiger partial charge < -0.3 is 15.0 Å². The molecule has 2 N–H and O–H groups in total. The molecule has 6 nitrogen and oxygen atoms in total. The summed E-state index contributed by atoms with van der Waals surface area (Å²) in [6.07, 6.45) is 0. The molecule has 0 fully saturated rings. The number of carbonyl (C=O) groups is 1. The SMILES string of the molecule is O=C(CNc1cccc2ccccc12)N=Nc1c(O)n(Cc2cccc3ccccc23)c2ccccc12. The fourth-order valence-electron chi connectivity index (χ4n) is 4.82. The Hall–Kier alpha value is -4.97. The Balaban J connectivity index is 1.28. The van der Waals surface area contributed by atoms with Crippen molar-refractivity contribution in [3.05, 3.63) is 115 Å². The first-order valence-electron chi connectivity index (χ1n) is 12.1. The van der Waals surface area contributed by atoms with Gasteiger partial charge in [0.05, 0.1) is 18.6 Å². The minimum atomic E-state index is -0.432. The molecule has 6 rings (SSSR count). The monoisotopic (exact) mass is 484 g/mol. The summed E-state index contributed by atoms with van der Waals surface area (Å²) in [5.74, 6) is -0.453. The van der Waals surface area contributed by atoms with Gasteiger partial charge in [-0.2, -0.15) is 0 Å². The Morgan fingerprint density at radius 1 is 0.730 bits per heavy atom. The lowest BCUT2D eigenvalue weighted by Gasteiger charge is -2.10. The number of nitrogens with one attached hydrogen (secondary N) is 1. The van der Waals surface area contributed by atoms with Gasteiger partial charge in [-0.1, -0.05) is 97.1 Å². The molecule has 0 aliphatic carbocycles. The van der Waals surface area contributed by atoms with E-state index in [1.54, 1.807) is 0 Å². The molecule has 0 bridgehead atoms. The van der Waals surface area contributed by atoms with Crippen LogP contribution in [0.2, 0.25) is 0 Å². The average molecular weight is 485 g/mol. The predicted octanol–water partition coefficient (Wildman–Crippen LogP) is 7.42. The first-order chi connectivity index (χ1) is 18.2. The van der Waals surface area contributed by atoms with Crippen molar-refractivity contribution in [2.45, 2.75) is 6.54 Å². The van der Waals surface area contributed by atoms with Crippen molar-refractivity contribution < 1.29 is 9.90 Å². The van der Waals surface area contributed by atoms with Crippen LogP contribution >= 0.6 is 0 Å². The van der Waals surface area contributed by atoms with Gasteiger partial charge in [0.2, 0.25) is 5.88 Å². The highest BCUT2D eigenvalue weighted by atomic mass is 16.3. The van der Waals surface area contributed by atoms with Gasteiger partial charge in [-0.25, -0.2) is 0 Å². The van der Waals surface area contributed by atoms with Gasteiger partial charge in [-0.15, -0.1) is 10.2 Å². The van der Waals surface area contributed by atoms with E-state index in [4.69, 9.17) is 0 Å². The molecular weight excluding hydrogens is 460 g/mol. The zero-order valence-corrected chi connectivity index (χ0v) is 20.0. The van der Waals surface area contributed by atoms with Crippen LogP contribution in [0.5, 0.6) is 5.88 Å². The Kier molecular flexibility index (Phi) is 5.83. The Morgan fingerprint density at radius 3 is 2.16 bits per heavy atom. The number of fused-ring (bicyclic) bond motifs is 3. The summed E-state index contributed by atoms with van der Waals surface area (Å²) in [4.78, 5) is 12.6. The number of hydrogen-bond donors (Lipinski definition) is 2. The van der Waals surface area contributed by atoms with Crippen molar-refractivity contribution in [3.8, 4) is 5.88 Å². The molecule has 1 amide bonds. The van der Waals surface area contributed by atoms with Gasteiger partial charge in [-0.05, 0) is 33.9 Å². The van der Waals surface area contributed by atoms with Crippen molar-refractivity contribution in [1.29, 1.82) is 0 Å². The van der Waals surface area contributed by atoms with E-state index in [9.17, 15) is 9.90 Å². The Labute approximate surface area is 213 Å². The molecule has 0 unspecified atom stereocenters. The number of rotatable bonds is 6. The largest absolute Gasteiger partial charge is 0.493 e. The van der Waals surface area contributed by atoms with Gasteiger partial charge in [0, 0.05) is 16.5 Å². The number of aromatic nitrogens is 1. The van der Waals surface area contributed by atoms with E-state index in [0.29, 0.717) is 6.54 Å². The van der Waals surface area contributed by atoms with Gasteiger partial charge in [0.1, 0.15) is 0 Å². The van der Waals surface area contributed by atoms with Crippen LogP contribution in [-0.2, 0) is 11.3 Å². The third kappa shape index (κ3) is 4.29. The molecule has 0 saturated heterocycles. The van der Waals surface area contributed by atoms with E-state index in [-0.39, 0.29) is 18.1 Å². The van der Waals surface area contributed by atoms with Crippen molar-refractivity contribution in [1.82, 2.24) is 4.57 Å². The van der Waals surface area contributed by atoms with E-state index in [0.717, 1.165) is 43.7 Å². The summed E-state index contributed by atoms with van der Waals surface area (Å²) in [7, 11) is 0. The third-order valence-corrected chi connectivity index (χ3v) is 6.61. The highest BCUT2D eigenvalue weighted by Crippen LogP contribution is 2.39. The molecule has 0 spiro atoms. The van der Waals surface area contributed by atoms with Crippen molar-refractivity contribution in [3.63, 3.8) is 0 Å².